The summed E-state index contributed by atoms with van der Waals surface area (Å²) in [5.41, 5.74) is 1.31. The van der Waals surface area contributed by atoms with E-state index >= 15 is 0 Å². The molecular weight excluding hydrogens is 313 g/mol. The van der Waals surface area contributed by atoms with Gasteiger partial charge in [-0.2, -0.15) is 0 Å². The molecule has 0 amide bonds. The van der Waals surface area contributed by atoms with Gasteiger partial charge in [0.2, 0.25) is 0 Å². The Balaban J connectivity index is 2.58. The largest absolute Gasteiger partial charge is 0.493 e. The molecule has 0 aliphatic heterocycles. The van der Waals surface area contributed by atoms with Gasteiger partial charge in [0.25, 0.3) is 0 Å². The van der Waals surface area contributed by atoms with Crippen LogP contribution in [0.4, 0.5) is 0 Å². The van der Waals surface area contributed by atoms with Crippen LogP contribution in [0.25, 0.3) is 0 Å². The summed E-state index contributed by atoms with van der Waals surface area (Å²) in [6.07, 6.45) is 0. The number of oxime groups is 1. The average molecular weight is 326 g/mol. The quantitative estimate of drug-likeness (QED) is 0.519. The average Bonchev–Trinajstić information content (AvgIpc) is 2.50. The van der Waals surface area contributed by atoms with E-state index in [4.69, 9.17) is 32.7 Å². The Morgan fingerprint density at radius 1 is 1.00 bits per heavy atom. The van der Waals surface area contributed by atoms with Crippen LogP contribution in [-0.4, -0.2) is 25.1 Å². The van der Waals surface area contributed by atoms with Crippen molar-refractivity contribution in [2.75, 3.05) is 14.2 Å². The van der Waals surface area contributed by atoms with Crippen molar-refractivity contribution >= 4 is 28.9 Å². The summed E-state index contributed by atoms with van der Waals surface area (Å²) in [5, 5.41) is 13.5. The summed E-state index contributed by atoms with van der Waals surface area (Å²) in [7, 11) is 3.07. The van der Waals surface area contributed by atoms with E-state index in [0.717, 1.165) is 0 Å². The van der Waals surface area contributed by atoms with Crippen LogP contribution >= 0.6 is 23.2 Å². The Kier molecular flexibility index (Phi) is 4.94. The van der Waals surface area contributed by atoms with Crippen molar-refractivity contribution in [3.8, 4) is 11.5 Å². The second-order valence-electron chi connectivity index (χ2n) is 4.12. The van der Waals surface area contributed by atoms with E-state index in [1.165, 1.54) is 7.11 Å². The number of hydrogen-bond acceptors (Lipinski definition) is 4. The molecule has 0 aliphatic rings. The van der Waals surface area contributed by atoms with Gasteiger partial charge < -0.3 is 14.7 Å². The molecule has 0 spiro atoms. The van der Waals surface area contributed by atoms with E-state index in [2.05, 4.69) is 5.16 Å². The van der Waals surface area contributed by atoms with Crippen molar-refractivity contribution in [1.82, 2.24) is 0 Å². The van der Waals surface area contributed by atoms with Gasteiger partial charge in [0.1, 0.15) is 5.71 Å². The van der Waals surface area contributed by atoms with Gasteiger partial charge in [0.05, 0.1) is 24.3 Å². The fraction of sp³-hybridized carbons (Fsp3) is 0.133. The number of halogens is 2. The zero-order valence-electron chi connectivity index (χ0n) is 11.4. The molecule has 0 unspecified atom stereocenters. The minimum absolute atomic E-state index is 0.256. The highest BCUT2D eigenvalue weighted by Gasteiger charge is 2.17. The van der Waals surface area contributed by atoms with Crippen LogP contribution < -0.4 is 9.47 Å². The van der Waals surface area contributed by atoms with E-state index in [1.807, 2.05) is 0 Å². The molecule has 0 fully saturated rings. The summed E-state index contributed by atoms with van der Waals surface area (Å²) < 4.78 is 10.4. The third-order valence-corrected chi connectivity index (χ3v) is 3.59. The highest BCUT2D eigenvalue weighted by Crippen LogP contribution is 2.32. The summed E-state index contributed by atoms with van der Waals surface area (Å²) in [6, 6.07) is 10.2. The van der Waals surface area contributed by atoms with Crippen LogP contribution in [0.15, 0.2) is 41.6 Å². The van der Waals surface area contributed by atoms with Crippen molar-refractivity contribution in [2.24, 2.45) is 5.16 Å². The van der Waals surface area contributed by atoms with Crippen molar-refractivity contribution in [3.63, 3.8) is 0 Å². The molecular formula is C15H13Cl2NO3. The third kappa shape index (κ3) is 3.06. The molecule has 6 heteroatoms. The first-order chi connectivity index (χ1) is 10.1. The Hall–Kier alpha value is -1.91. The standard InChI is InChI=1S/C15H13Cl2NO3/c1-20-12-7-6-9(8-13(12)21-2)15(18-19)14-10(16)4-3-5-11(14)17/h3-8,19H,1-2H3. The molecule has 0 atom stereocenters. The topological polar surface area (TPSA) is 51.0 Å². The molecule has 0 saturated heterocycles. The maximum absolute atomic E-state index is 9.37. The third-order valence-electron chi connectivity index (χ3n) is 2.96. The molecule has 0 radical (unpaired) electrons. The second-order valence-corrected chi connectivity index (χ2v) is 4.93. The van der Waals surface area contributed by atoms with Gasteiger partial charge in [-0.1, -0.05) is 34.4 Å². The highest BCUT2D eigenvalue weighted by atomic mass is 35.5. The number of hydrogen-bond donors (Lipinski definition) is 1. The van der Waals surface area contributed by atoms with Gasteiger partial charge in [0, 0.05) is 11.1 Å². The molecule has 0 aromatic heterocycles. The summed E-state index contributed by atoms with van der Waals surface area (Å²) in [6.45, 7) is 0. The van der Waals surface area contributed by atoms with E-state index < -0.39 is 0 Å². The number of methoxy groups -OCH3 is 2. The van der Waals surface area contributed by atoms with Gasteiger partial charge in [0.15, 0.2) is 11.5 Å². The predicted octanol–water partition coefficient (Wildman–Crippen LogP) is 4.24. The molecule has 0 bridgehead atoms. The van der Waals surface area contributed by atoms with E-state index in [1.54, 1.807) is 43.5 Å². The first-order valence-electron chi connectivity index (χ1n) is 6.01. The lowest BCUT2D eigenvalue weighted by atomic mass is 10.0. The van der Waals surface area contributed by atoms with Crippen LogP contribution in [-0.2, 0) is 0 Å². The molecule has 4 nitrogen and oxygen atoms in total. The number of ether oxygens (including phenoxy) is 2. The Morgan fingerprint density at radius 3 is 2.14 bits per heavy atom. The van der Waals surface area contributed by atoms with E-state index in [0.29, 0.717) is 32.7 Å². The van der Waals surface area contributed by atoms with Gasteiger partial charge >= 0.3 is 0 Å². The Labute approximate surface area is 132 Å². The SMILES string of the molecule is COc1ccc(C(=NO)c2c(Cl)cccc2Cl)cc1OC. The van der Waals surface area contributed by atoms with Crippen molar-refractivity contribution < 1.29 is 14.7 Å². The van der Waals surface area contributed by atoms with Gasteiger partial charge in [-0.25, -0.2) is 0 Å². The van der Waals surface area contributed by atoms with Crippen LogP contribution in [0.2, 0.25) is 10.0 Å². The lowest BCUT2D eigenvalue weighted by Gasteiger charge is -2.12. The van der Waals surface area contributed by atoms with Crippen molar-refractivity contribution in [2.45, 2.75) is 0 Å². The van der Waals surface area contributed by atoms with Crippen molar-refractivity contribution in [3.05, 3.63) is 57.6 Å². The number of nitrogens with zero attached hydrogens (tertiary/aromatic N) is 1. The fourth-order valence-electron chi connectivity index (χ4n) is 1.96. The van der Waals surface area contributed by atoms with Gasteiger partial charge in [-0.15, -0.1) is 0 Å². The first kappa shape index (κ1) is 15.5. The maximum Gasteiger partial charge on any atom is 0.161 e. The molecule has 0 heterocycles. The van der Waals surface area contributed by atoms with Gasteiger partial charge in [-0.3, -0.25) is 0 Å². The number of benzene rings is 2. The molecule has 2 aromatic rings. The van der Waals surface area contributed by atoms with Gasteiger partial charge in [-0.05, 0) is 30.3 Å². The van der Waals surface area contributed by atoms with Crippen LogP contribution in [0.3, 0.4) is 0 Å². The Bertz CT molecular complexity index is 666. The van der Waals surface area contributed by atoms with Crippen molar-refractivity contribution in [1.29, 1.82) is 0 Å². The molecule has 0 saturated carbocycles. The summed E-state index contributed by atoms with van der Waals surface area (Å²) >= 11 is 12.3. The summed E-state index contributed by atoms with van der Waals surface area (Å²) in [5.74, 6) is 1.09. The zero-order chi connectivity index (χ0) is 15.4. The monoisotopic (exact) mass is 325 g/mol. The van der Waals surface area contributed by atoms with Crippen LogP contribution in [0.1, 0.15) is 11.1 Å². The number of rotatable bonds is 4. The molecule has 21 heavy (non-hydrogen) atoms. The minimum atomic E-state index is 0.256. The van der Waals surface area contributed by atoms with E-state index in [-0.39, 0.29) is 5.71 Å². The maximum atomic E-state index is 9.37. The highest BCUT2D eigenvalue weighted by molar-refractivity contribution is 6.41. The van der Waals surface area contributed by atoms with Crippen LogP contribution in [0.5, 0.6) is 11.5 Å². The molecule has 110 valence electrons. The molecule has 1 N–H and O–H groups in total. The molecule has 2 rings (SSSR count). The fourth-order valence-corrected chi connectivity index (χ4v) is 2.54. The first-order valence-corrected chi connectivity index (χ1v) is 6.76. The second kappa shape index (κ2) is 6.70. The Morgan fingerprint density at radius 2 is 1.62 bits per heavy atom. The lowest BCUT2D eigenvalue weighted by Crippen LogP contribution is -2.06. The predicted molar refractivity (Wildman–Crippen MR) is 83.4 cm³/mol. The normalized spacial score (nSPS) is 11.3. The lowest BCUT2D eigenvalue weighted by molar-refractivity contribution is 0.319. The molecule has 0 aliphatic carbocycles. The minimum Gasteiger partial charge on any atom is -0.493 e. The summed E-state index contributed by atoms with van der Waals surface area (Å²) in [4.78, 5) is 0. The zero-order valence-corrected chi connectivity index (χ0v) is 12.9. The van der Waals surface area contributed by atoms with Crippen LogP contribution in [0, 0.1) is 0 Å². The molecule has 2 aromatic carbocycles. The van der Waals surface area contributed by atoms with E-state index in [9.17, 15) is 5.21 Å². The smallest absolute Gasteiger partial charge is 0.161 e.